The zero-order chi connectivity index (χ0) is 35.4. The number of aromatic amines is 1. The number of fused-ring (bicyclic) bond motifs is 7. The summed E-state index contributed by atoms with van der Waals surface area (Å²) in [5.41, 5.74) is 3.78. The minimum atomic E-state index is -0.343. The zero-order valence-electron chi connectivity index (χ0n) is 31.4. The molecule has 7 nitrogen and oxygen atoms in total. The monoisotopic (exact) mass is 680 g/mol. The maximum absolute atomic E-state index is 15.4. The van der Waals surface area contributed by atoms with Gasteiger partial charge in [-0.1, -0.05) is 58.9 Å². The summed E-state index contributed by atoms with van der Waals surface area (Å²) >= 11 is 0. The van der Waals surface area contributed by atoms with Gasteiger partial charge in [0.2, 0.25) is 5.91 Å². The van der Waals surface area contributed by atoms with Crippen LogP contribution in [0.5, 0.6) is 0 Å². The van der Waals surface area contributed by atoms with E-state index in [1.54, 1.807) is 12.1 Å². The minimum absolute atomic E-state index is 0.0454. The Kier molecular flexibility index (Phi) is 7.96. The van der Waals surface area contributed by atoms with E-state index in [-0.39, 0.29) is 39.2 Å². The summed E-state index contributed by atoms with van der Waals surface area (Å²) in [7, 11) is 0. The second-order valence-corrected chi connectivity index (χ2v) is 19.2. The maximum atomic E-state index is 15.4. The van der Waals surface area contributed by atoms with Crippen molar-refractivity contribution in [2.24, 2.45) is 61.8 Å². The van der Waals surface area contributed by atoms with Gasteiger partial charge in [-0.25, -0.2) is 4.98 Å². The predicted molar refractivity (Wildman–Crippen MR) is 198 cm³/mol. The lowest BCUT2D eigenvalue weighted by Gasteiger charge is -2.73. The van der Waals surface area contributed by atoms with E-state index >= 15 is 4.79 Å². The van der Waals surface area contributed by atoms with E-state index in [9.17, 15) is 10.0 Å². The van der Waals surface area contributed by atoms with Crippen LogP contribution < -0.4 is 0 Å². The first kappa shape index (κ1) is 34.3. The number of aliphatic hydroxyl groups excluding tert-OH is 1. The van der Waals surface area contributed by atoms with Crippen molar-refractivity contribution < 1.29 is 9.90 Å². The van der Waals surface area contributed by atoms with Crippen LogP contribution in [0.25, 0.3) is 11.3 Å². The molecule has 1 amide bonds. The second kappa shape index (κ2) is 11.6. The molecule has 1 aromatic heterocycles. The Bertz CT molecular complexity index is 1680. The fraction of sp³-hybridized carbons (Fsp3) is 0.721. The highest BCUT2D eigenvalue weighted by molar-refractivity contribution is 5.84. The van der Waals surface area contributed by atoms with Crippen LogP contribution in [0, 0.1) is 61.6 Å². The summed E-state index contributed by atoms with van der Waals surface area (Å²) in [5, 5.41) is 14.2. The SMILES string of the molecule is C=C(C)C1CCC2(C(=O)N3CCCC3c3ncc(-c4ccc(N=O)cc4)[nH]3)CCC3(C)C(CCC4C5(C)CCC(O)C(C)(C)C5CCC43C)C12. The molecular weight excluding hydrogens is 620 g/mol. The lowest BCUT2D eigenvalue weighted by molar-refractivity contribution is -0.247. The number of imidazole rings is 1. The van der Waals surface area contributed by atoms with Gasteiger partial charge in [0.1, 0.15) is 11.5 Å². The molecule has 6 aliphatic rings. The first-order valence-corrected chi connectivity index (χ1v) is 19.8. The quantitative estimate of drug-likeness (QED) is 0.243. The second-order valence-electron chi connectivity index (χ2n) is 19.2. The van der Waals surface area contributed by atoms with Crippen molar-refractivity contribution >= 4 is 11.6 Å². The van der Waals surface area contributed by atoms with E-state index in [0.29, 0.717) is 41.2 Å². The van der Waals surface area contributed by atoms with Crippen LogP contribution in [0.3, 0.4) is 0 Å². The number of allylic oxidation sites excluding steroid dienone is 1. The van der Waals surface area contributed by atoms with Gasteiger partial charge < -0.3 is 15.0 Å². The number of nitrogens with zero attached hydrogens (tertiary/aromatic N) is 3. The van der Waals surface area contributed by atoms with Crippen molar-refractivity contribution in [1.29, 1.82) is 0 Å². The summed E-state index contributed by atoms with van der Waals surface area (Å²) in [6.45, 7) is 20.2. The van der Waals surface area contributed by atoms with E-state index in [0.717, 1.165) is 75.0 Å². The van der Waals surface area contributed by atoms with Gasteiger partial charge in [-0.2, -0.15) is 0 Å². The third kappa shape index (κ3) is 4.56. The Morgan fingerprint density at radius 1 is 0.920 bits per heavy atom. The molecule has 1 aliphatic heterocycles. The van der Waals surface area contributed by atoms with Crippen molar-refractivity contribution in [3.8, 4) is 11.3 Å². The number of carbonyl (C=O) groups excluding carboxylic acids is 1. The van der Waals surface area contributed by atoms with Gasteiger partial charge in [-0.3, -0.25) is 4.79 Å². The largest absolute Gasteiger partial charge is 0.393 e. The van der Waals surface area contributed by atoms with Crippen molar-refractivity contribution in [3.63, 3.8) is 0 Å². The molecule has 1 saturated heterocycles. The van der Waals surface area contributed by atoms with Gasteiger partial charge >= 0.3 is 0 Å². The van der Waals surface area contributed by atoms with Gasteiger partial charge in [0, 0.05) is 6.54 Å². The van der Waals surface area contributed by atoms with Crippen LogP contribution in [0.15, 0.2) is 47.8 Å². The van der Waals surface area contributed by atoms with Gasteiger partial charge in [0.15, 0.2) is 0 Å². The molecule has 50 heavy (non-hydrogen) atoms. The maximum Gasteiger partial charge on any atom is 0.229 e. The number of aliphatic hydroxyl groups is 1. The van der Waals surface area contributed by atoms with Crippen LogP contribution in [-0.4, -0.2) is 38.5 Å². The molecule has 8 rings (SSSR count). The molecule has 0 bridgehead atoms. The number of hydrogen-bond acceptors (Lipinski definition) is 5. The molecule has 0 spiro atoms. The molecule has 5 saturated carbocycles. The molecule has 11 atom stereocenters. The molecule has 6 fully saturated rings. The summed E-state index contributed by atoms with van der Waals surface area (Å²) in [6, 6.07) is 7.19. The highest BCUT2D eigenvalue weighted by Gasteiger charge is 2.72. The van der Waals surface area contributed by atoms with Crippen LogP contribution in [0.1, 0.15) is 130 Å². The van der Waals surface area contributed by atoms with Gasteiger partial charge in [-0.05, 0) is 158 Å². The fourth-order valence-corrected chi connectivity index (χ4v) is 14.4. The van der Waals surface area contributed by atoms with Gasteiger partial charge in [0.05, 0.1) is 29.5 Å². The molecule has 1 aromatic carbocycles. The van der Waals surface area contributed by atoms with Crippen LogP contribution in [0.2, 0.25) is 0 Å². The Balaban J connectivity index is 1.11. The number of hydrogen-bond donors (Lipinski definition) is 2. The van der Waals surface area contributed by atoms with E-state index in [4.69, 9.17) is 4.98 Å². The Morgan fingerprint density at radius 2 is 1.68 bits per heavy atom. The third-order valence-electron chi connectivity index (χ3n) is 17.2. The average Bonchev–Trinajstić information content (AvgIpc) is 3.86. The molecule has 0 radical (unpaired) electrons. The Labute approximate surface area is 299 Å². The standard InChI is InChI=1S/C43H60N4O3/c1-26(2)29-16-21-43(38(49)47-24-8-9-32(47)37-44-25-31(45-37)27-10-12-28(46-50)13-11-27)23-22-41(6)30(36(29)43)14-15-34-40(5)19-18-35(48)39(3,4)33(40)17-20-42(34,41)7/h10-13,25,29-30,32-36,48H,1,8-9,14-24H2,2-7H3,(H,44,45). The number of nitrogens with one attached hydrogen (secondary N) is 1. The number of likely N-dealkylation sites (tertiary alicyclic amines) is 1. The first-order chi connectivity index (χ1) is 23.7. The smallest absolute Gasteiger partial charge is 0.229 e. The lowest BCUT2D eigenvalue weighted by atomic mass is 9.32. The number of carbonyl (C=O) groups is 1. The number of H-pyrrole nitrogens is 1. The predicted octanol–water partition coefficient (Wildman–Crippen LogP) is 10.2. The summed E-state index contributed by atoms with van der Waals surface area (Å²) in [4.78, 5) is 36.9. The number of benzene rings is 1. The number of amides is 1. The topological polar surface area (TPSA) is 98.7 Å². The Morgan fingerprint density at radius 3 is 2.40 bits per heavy atom. The zero-order valence-corrected chi connectivity index (χ0v) is 31.4. The van der Waals surface area contributed by atoms with Crippen LogP contribution >= 0.6 is 0 Å². The number of rotatable bonds is 5. The molecule has 2 N–H and O–H groups in total. The summed E-state index contributed by atoms with van der Waals surface area (Å²) in [5.74, 6) is 3.67. The third-order valence-corrected chi connectivity index (χ3v) is 17.2. The highest BCUT2D eigenvalue weighted by atomic mass is 16.3. The van der Waals surface area contributed by atoms with Crippen molar-refractivity contribution in [1.82, 2.24) is 14.9 Å². The lowest BCUT2D eigenvalue weighted by Crippen LogP contribution is -2.67. The van der Waals surface area contributed by atoms with Gasteiger partial charge in [0.25, 0.3) is 0 Å². The minimum Gasteiger partial charge on any atom is -0.393 e. The molecule has 2 aromatic rings. The van der Waals surface area contributed by atoms with Gasteiger partial charge in [-0.15, -0.1) is 4.91 Å². The fourth-order valence-electron chi connectivity index (χ4n) is 14.4. The summed E-state index contributed by atoms with van der Waals surface area (Å²) < 4.78 is 0. The highest BCUT2D eigenvalue weighted by Crippen LogP contribution is 2.77. The van der Waals surface area contributed by atoms with E-state index in [2.05, 4.69) is 63.2 Å². The van der Waals surface area contributed by atoms with E-state index in [1.807, 2.05) is 18.3 Å². The van der Waals surface area contributed by atoms with E-state index in [1.165, 1.54) is 31.3 Å². The van der Waals surface area contributed by atoms with Crippen molar-refractivity contribution in [2.45, 2.75) is 131 Å². The molecule has 11 unspecified atom stereocenters. The molecule has 270 valence electrons. The van der Waals surface area contributed by atoms with Crippen LogP contribution in [0.4, 0.5) is 5.69 Å². The normalized spacial score (nSPS) is 43.3. The number of nitroso groups, excluding NO2 is 1. The first-order valence-electron chi connectivity index (χ1n) is 19.8. The Hall–Kier alpha value is -2.80. The summed E-state index contributed by atoms with van der Waals surface area (Å²) in [6.07, 6.45) is 14.6. The average molecular weight is 681 g/mol. The molecule has 7 heteroatoms. The number of aromatic nitrogens is 2. The molecular formula is C43H60N4O3. The van der Waals surface area contributed by atoms with Crippen molar-refractivity contribution in [2.75, 3.05) is 6.54 Å². The van der Waals surface area contributed by atoms with Crippen LogP contribution in [-0.2, 0) is 4.79 Å². The van der Waals surface area contributed by atoms with E-state index < -0.39 is 0 Å². The van der Waals surface area contributed by atoms with Crippen molar-refractivity contribution in [3.05, 3.63) is 53.3 Å². The molecule has 2 heterocycles. The molecule has 5 aliphatic carbocycles.